The number of amides is 1. The summed E-state index contributed by atoms with van der Waals surface area (Å²) in [5.41, 5.74) is 0.982. The van der Waals surface area contributed by atoms with Gasteiger partial charge >= 0.3 is 0 Å². The second-order valence-corrected chi connectivity index (χ2v) is 3.99. The SMILES string of the molecule is O=C(NC1CC1)C(O)Cc1ccccc1. The standard InChI is InChI=1S/C12H15NO2/c14-11(12(15)13-10-6-7-10)8-9-4-2-1-3-5-9/h1-5,10-11,14H,6-8H2,(H,13,15). The van der Waals surface area contributed by atoms with E-state index in [1.807, 2.05) is 30.3 Å². The van der Waals surface area contributed by atoms with Gasteiger partial charge in [0.2, 0.25) is 5.91 Å². The zero-order valence-corrected chi connectivity index (χ0v) is 8.52. The van der Waals surface area contributed by atoms with Crippen molar-refractivity contribution < 1.29 is 9.90 Å². The molecule has 0 spiro atoms. The maximum atomic E-state index is 11.4. The Morgan fingerprint density at radius 2 is 2.07 bits per heavy atom. The summed E-state index contributed by atoms with van der Waals surface area (Å²) >= 11 is 0. The highest BCUT2D eigenvalue weighted by atomic mass is 16.3. The predicted octanol–water partition coefficient (Wildman–Crippen LogP) is 0.869. The molecule has 1 saturated carbocycles. The molecule has 3 heteroatoms. The van der Waals surface area contributed by atoms with Gasteiger partial charge in [-0.15, -0.1) is 0 Å². The minimum absolute atomic E-state index is 0.249. The largest absolute Gasteiger partial charge is 0.383 e. The molecule has 1 aliphatic rings. The number of carbonyl (C=O) groups excluding carboxylic acids is 1. The van der Waals surface area contributed by atoms with Crippen molar-refractivity contribution in [2.75, 3.05) is 0 Å². The van der Waals surface area contributed by atoms with Crippen molar-refractivity contribution in [1.29, 1.82) is 0 Å². The van der Waals surface area contributed by atoms with E-state index < -0.39 is 6.10 Å². The fourth-order valence-electron chi connectivity index (χ4n) is 1.46. The van der Waals surface area contributed by atoms with Gasteiger partial charge in [0.05, 0.1) is 0 Å². The Morgan fingerprint density at radius 1 is 1.40 bits per heavy atom. The molecule has 0 saturated heterocycles. The van der Waals surface area contributed by atoms with Gasteiger partial charge in [-0.1, -0.05) is 30.3 Å². The van der Waals surface area contributed by atoms with Gasteiger partial charge in [-0.3, -0.25) is 4.79 Å². The topological polar surface area (TPSA) is 49.3 Å². The number of carbonyl (C=O) groups is 1. The van der Waals surface area contributed by atoms with Gasteiger partial charge in [-0.05, 0) is 18.4 Å². The van der Waals surface area contributed by atoms with E-state index in [1.54, 1.807) is 0 Å². The quantitative estimate of drug-likeness (QED) is 0.766. The van der Waals surface area contributed by atoms with Crippen LogP contribution in [0.15, 0.2) is 30.3 Å². The third-order valence-electron chi connectivity index (χ3n) is 2.50. The summed E-state index contributed by atoms with van der Waals surface area (Å²) in [5, 5.41) is 12.4. The lowest BCUT2D eigenvalue weighted by Crippen LogP contribution is -2.37. The lowest BCUT2D eigenvalue weighted by molar-refractivity contribution is -0.129. The molecule has 0 heterocycles. The minimum Gasteiger partial charge on any atom is -0.383 e. The van der Waals surface area contributed by atoms with Gasteiger partial charge in [0.15, 0.2) is 0 Å². The van der Waals surface area contributed by atoms with Crippen molar-refractivity contribution in [2.24, 2.45) is 0 Å². The summed E-state index contributed by atoms with van der Waals surface area (Å²) in [6, 6.07) is 9.85. The number of nitrogens with one attached hydrogen (secondary N) is 1. The van der Waals surface area contributed by atoms with Crippen LogP contribution in [0.25, 0.3) is 0 Å². The molecule has 1 fully saturated rings. The van der Waals surface area contributed by atoms with Crippen LogP contribution in [0.3, 0.4) is 0 Å². The Bertz CT molecular complexity index is 333. The van der Waals surface area contributed by atoms with E-state index in [0.29, 0.717) is 12.5 Å². The van der Waals surface area contributed by atoms with Crippen molar-refractivity contribution in [3.63, 3.8) is 0 Å². The molecular weight excluding hydrogens is 190 g/mol. The van der Waals surface area contributed by atoms with Crippen LogP contribution in [0.5, 0.6) is 0 Å². The average molecular weight is 205 g/mol. The summed E-state index contributed by atoms with van der Waals surface area (Å²) in [6.07, 6.45) is 1.56. The van der Waals surface area contributed by atoms with Crippen LogP contribution in [0.1, 0.15) is 18.4 Å². The van der Waals surface area contributed by atoms with Gasteiger partial charge in [0.1, 0.15) is 6.10 Å². The lowest BCUT2D eigenvalue weighted by Gasteiger charge is -2.10. The molecule has 0 radical (unpaired) electrons. The average Bonchev–Trinajstić information content (AvgIpc) is 3.03. The third kappa shape index (κ3) is 3.06. The van der Waals surface area contributed by atoms with E-state index in [0.717, 1.165) is 18.4 Å². The van der Waals surface area contributed by atoms with Crippen molar-refractivity contribution >= 4 is 5.91 Å². The summed E-state index contributed by atoms with van der Waals surface area (Å²) < 4.78 is 0. The smallest absolute Gasteiger partial charge is 0.249 e. The van der Waals surface area contributed by atoms with Crippen molar-refractivity contribution in [3.8, 4) is 0 Å². The molecule has 0 aliphatic heterocycles. The zero-order chi connectivity index (χ0) is 10.7. The summed E-state index contributed by atoms with van der Waals surface area (Å²) in [6.45, 7) is 0. The Balaban J connectivity index is 1.85. The number of benzene rings is 1. The number of aliphatic hydroxyl groups excluding tert-OH is 1. The van der Waals surface area contributed by atoms with E-state index in [-0.39, 0.29) is 5.91 Å². The normalized spacial score (nSPS) is 17.1. The highest BCUT2D eigenvalue weighted by molar-refractivity contribution is 5.81. The first kappa shape index (κ1) is 10.2. The van der Waals surface area contributed by atoms with Gasteiger partial charge in [-0.25, -0.2) is 0 Å². The first-order valence-electron chi connectivity index (χ1n) is 5.28. The van der Waals surface area contributed by atoms with Crippen LogP contribution in [0, 0.1) is 0 Å². The fraction of sp³-hybridized carbons (Fsp3) is 0.417. The van der Waals surface area contributed by atoms with Crippen LogP contribution >= 0.6 is 0 Å². The van der Waals surface area contributed by atoms with Crippen molar-refractivity contribution in [1.82, 2.24) is 5.32 Å². The second-order valence-electron chi connectivity index (χ2n) is 3.99. The molecule has 1 amide bonds. The number of rotatable bonds is 4. The highest BCUT2D eigenvalue weighted by Crippen LogP contribution is 2.18. The third-order valence-corrected chi connectivity index (χ3v) is 2.50. The number of aliphatic hydroxyl groups is 1. The molecule has 80 valence electrons. The first-order valence-corrected chi connectivity index (χ1v) is 5.28. The molecule has 0 bridgehead atoms. The van der Waals surface area contributed by atoms with E-state index in [4.69, 9.17) is 0 Å². The van der Waals surface area contributed by atoms with Gasteiger partial charge in [0.25, 0.3) is 0 Å². The maximum Gasteiger partial charge on any atom is 0.249 e. The van der Waals surface area contributed by atoms with E-state index >= 15 is 0 Å². The van der Waals surface area contributed by atoms with Crippen molar-refractivity contribution in [2.45, 2.75) is 31.4 Å². The molecular formula is C12H15NO2. The molecule has 3 nitrogen and oxygen atoms in total. The summed E-state index contributed by atoms with van der Waals surface area (Å²) in [5.74, 6) is -0.249. The van der Waals surface area contributed by atoms with E-state index in [9.17, 15) is 9.90 Å². The van der Waals surface area contributed by atoms with Crippen LogP contribution < -0.4 is 5.32 Å². The Hall–Kier alpha value is -1.35. The van der Waals surface area contributed by atoms with Gasteiger partial charge in [0, 0.05) is 12.5 Å². The molecule has 2 rings (SSSR count). The summed E-state index contributed by atoms with van der Waals surface area (Å²) in [4.78, 5) is 11.4. The van der Waals surface area contributed by atoms with Crippen LogP contribution in [0.2, 0.25) is 0 Å². The van der Waals surface area contributed by atoms with Crippen molar-refractivity contribution in [3.05, 3.63) is 35.9 Å². The Morgan fingerprint density at radius 3 is 2.67 bits per heavy atom. The van der Waals surface area contributed by atoms with Crippen LogP contribution in [0.4, 0.5) is 0 Å². The zero-order valence-electron chi connectivity index (χ0n) is 8.52. The molecule has 1 atom stereocenters. The molecule has 15 heavy (non-hydrogen) atoms. The van der Waals surface area contributed by atoms with Gasteiger partial charge < -0.3 is 10.4 Å². The number of hydrogen-bond donors (Lipinski definition) is 2. The Labute approximate surface area is 89.1 Å². The fourth-order valence-corrected chi connectivity index (χ4v) is 1.46. The maximum absolute atomic E-state index is 11.4. The molecule has 0 aromatic heterocycles. The predicted molar refractivity (Wildman–Crippen MR) is 57.3 cm³/mol. The van der Waals surface area contributed by atoms with Crippen LogP contribution in [-0.2, 0) is 11.2 Å². The molecule has 2 N–H and O–H groups in total. The lowest BCUT2D eigenvalue weighted by atomic mass is 10.1. The van der Waals surface area contributed by atoms with Crippen LogP contribution in [-0.4, -0.2) is 23.2 Å². The minimum atomic E-state index is -0.923. The molecule has 1 aliphatic carbocycles. The van der Waals surface area contributed by atoms with E-state index in [2.05, 4.69) is 5.32 Å². The first-order chi connectivity index (χ1) is 7.25. The molecule has 1 unspecified atom stereocenters. The summed E-state index contributed by atoms with van der Waals surface area (Å²) in [7, 11) is 0. The second kappa shape index (κ2) is 4.45. The van der Waals surface area contributed by atoms with Gasteiger partial charge in [-0.2, -0.15) is 0 Å². The highest BCUT2D eigenvalue weighted by Gasteiger charge is 2.26. The monoisotopic (exact) mass is 205 g/mol. The number of hydrogen-bond acceptors (Lipinski definition) is 2. The molecule has 1 aromatic carbocycles. The molecule has 1 aromatic rings. The van der Waals surface area contributed by atoms with E-state index in [1.165, 1.54) is 0 Å². The Kier molecular flexibility index (Phi) is 3.02.